The van der Waals surface area contributed by atoms with E-state index in [9.17, 15) is 9.50 Å². The molecule has 2 bridgehead atoms. The third-order valence-corrected chi connectivity index (χ3v) is 6.76. The lowest BCUT2D eigenvalue weighted by molar-refractivity contribution is 0.171. The Labute approximate surface area is 183 Å². The molecule has 3 aliphatic rings. The third-order valence-electron chi connectivity index (χ3n) is 6.76. The Kier molecular flexibility index (Phi) is 4.56. The van der Waals surface area contributed by atoms with Gasteiger partial charge in [-0.2, -0.15) is 0 Å². The average molecular weight is 439 g/mol. The first-order chi connectivity index (χ1) is 15.6. The number of benzene rings is 1. The van der Waals surface area contributed by atoms with E-state index in [1.807, 2.05) is 0 Å². The average Bonchev–Trinajstić information content (AvgIpc) is 3.32. The Morgan fingerprint density at radius 2 is 2.00 bits per heavy atom. The van der Waals surface area contributed by atoms with Crippen molar-refractivity contribution in [2.45, 2.75) is 62.4 Å². The van der Waals surface area contributed by atoms with Crippen LogP contribution in [0.4, 0.5) is 14.6 Å². The maximum absolute atomic E-state index is 15.2. The van der Waals surface area contributed by atoms with Crippen molar-refractivity contribution in [1.29, 1.82) is 0 Å². The normalized spacial score (nSPS) is 26.9. The molecule has 166 valence electrons. The summed E-state index contributed by atoms with van der Waals surface area (Å²) >= 11 is 0. The Balaban J connectivity index is 1.30. The van der Waals surface area contributed by atoms with E-state index in [1.165, 1.54) is 35.4 Å². The molecular formula is C22H23F2N7O. The van der Waals surface area contributed by atoms with E-state index in [0.29, 0.717) is 17.6 Å². The van der Waals surface area contributed by atoms with Crippen LogP contribution in [-0.4, -0.2) is 60.4 Å². The standard InChI is InChI=1S/C22H23F2N7O/c23-15-8-14(20(32)9-18(15)30-6-5-27-29-30)17-10-26-21(11-25-17)31(13-2-3-13)19-7-12-1-4-16(28-12)22(19)24/h5-6,8-13,16,19,22,28,32H,1-4,7H2/t12?,16?,19-,22+/m0/s1. The van der Waals surface area contributed by atoms with Gasteiger partial charge in [-0.1, -0.05) is 5.21 Å². The summed E-state index contributed by atoms with van der Waals surface area (Å²) in [5.74, 6) is -0.0830. The van der Waals surface area contributed by atoms with Crippen molar-refractivity contribution in [3.8, 4) is 22.7 Å². The number of phenolic OH excluding ortho intramolecular Hbond substituents is 1. The van der Waals surface area contributed by atoms with Gasteiger partial charge in [-0.3, -0.25) is 4.98 Å². The molecule has 0 amide bonds. The molecule has 3 fully saturated rings. The maximum Gasteiger partial charge on any atom is 0.149 e. The van der Waals surface area contributed by atoms with E-state index in [-0.39, 0.29) is 35.1 Å². The summed E-state index contributed by atoms with van der Waals surface area (Å²) in [5, 5.41) is 21.3. The maximum atomic E-state index is 15.2. The number of hydrogen-bond donors (Lipinski definition) is 2. The van der Waals surface area contributed by atoms with Crippen LogP contribution in [0.15, 0.2) is 36.9 Å². The topological polar surface area (TPSA) is 92.0 Å². The SMILES string of the molecule is Oc1cc(-n2ccnn2)c(F)cc1-c1cnc(N(C2CC2)[C@H]2CC3CCC(N3)[C@H]2F)cn1. The molecule has 1 aliphatic carbocycles. The van der Waals surface area contributed by atoms with Crippen LogP contribution in [0.1, 0.15) is 32.1 Å². The number of nitrogens with one attached hydrogen (secondary N) is 1. The van der Waals surface area contributed by atoms with Crippen LogP contribution < -0.4 is 10.2 Å². The van der Waals surface area contributed by atoms with Crippen LogP contribution >= 0.6 is 0 Å². The van der Waals surface area contributed by atoms with E-state index in [0.717, 1.165) is 32.1 Å². The zero-order valence-corrected chi connectivity index (χ0v) is 17.3. The molecule has 0 spiro atoms. The number of nitrogens with zero attached hydrogens (tertiary/aromatic N) is 6. The number of phenols is 1. The van der Waals surface area contributed by atoms with Crippen molar-refractivity contribution >= 4 is 5.82 Å². The summed E-state index contributed by atoms with van der Waals surface area (Å²) < 4.78 is 31.1. The third kappa shape index (κ3) is 3.29. The number of halogens is 2. The summed E-state index contributed by atoms with van der Waals surface area (Å²) in [6.07, 6.45) is 9.77. The Hall–Kier alpha value is -3.14. The van der Waals surface area contributed by atoms with Gasteiger partial charge < -0.3 is 15.3 Å². The molecule has 0 radical (unpaired) electrons. The zero-order valence-electron chi connectivity index (χ0n) is 17.3. The van der Waals surface area contributed by atoms with E-state index in [4.69, 9.17) is 0 Å². The molecule has 2 saturated heterocycles. The fourth-order valence-corrected chi connectivity index (χ4v) is 5.09. The first-order valence-corrected chi connectivity index (χ1v) is 11.0. The lowest BCUT2D eigenvalue weighted by atomic mass is 9.96. The van der Waals surface area contributed by atoms with E-state index in [2.05, 4.69) is 30.5 Å². The number of hydrogen-bond acceptors (Lipinski definition) is 7. The monoisotopic (exact) mass is 439 g/mol. The Bertz CT molecular complexity index is 1120. The van der Waals surface area contributed by atoms with Crippen LogP contribution in [0.3, 0.4) is 0 Å². The minimum absolute atomic E-state index is 0.0859. The fraction of sp³-hybridized carbons (Fsp3) is 0.455. The number of fused-ring (bicyclic) bond motifs is 2. The van der Waals surface area contributed by atoms with Gasteiger partial charge in [-0.05, 0) is 38.2 Å². The molecule has 6 rings (SSSR count). The summed E-state index contributed by atoms with van der Waals surface area (Å²) in [6.45, 7) is 0. The van der Waals surface area contributed by atoms with Gasteiger partial charge in [-0.15, -0.1) is 5.10 Å². The minimum atomic E-state index is -0.946. The van der Waals surface area contributed by atoms with E-state index < -0.39 is 12.0 Å². The predicted octanol–water partition coefficient (Wildman–Crippen LogP) is 2.77. The Morgan fingerprint density at radius 1 is 1.12 bits per heavy atom. The van der Waals surface area contributed by atoms with Gasteiger partial charge in [0, 0.05) is 29.8 Å². The van der Waals surface area contributed by atoms with Crippen LogP contribution in [0.5, 0.6) is 5.75 Å². The van der Waals surface area contributed by atoms with Crippen LogP contribution in [0.25, 0.3) is 16.9 Å². The number of anilines is 1. The molecule has 2 N–H and O–H groups in total. The number of aromatic hydroxyl groups is 1. The second kappa shape index (κ2) is 7.47. The molecule has 1 aromatic carbocycles. The van der Waals surface area contributed by atoms with Gasteiger partial charge in [0.15, 0.2) is 0 Å². The minimum Gasteiger partial charge on any atom is -0.507 e. The van der Waals surface area contributed by atoms with Crippen molar-refractivity contribution in [2.24, 2.45) is 0 Å². The molecule has 4 heterocycles. The molecular weight excluding hydrogens is 416 g/mol. The lowest BCUT2D eigenvalue weighted by Crippen LogP contribution is -2.57. The quantitative estimate of drug-likeness (QED) is 0.632. The second-order valence-corrected chi connectivity index (χ2v) is 8.86. The highest BCUT2D eigenvalue weighted by molar-refractivity contribution is 5.69. The molecule has 10 heteroatoms. The van der Waals surface area contributed by atoms with Gasteiger partial charge >= 0.3 is 0 Å². The molecule has 8 nitrogen and oxygen atoms in total. The summed E-state index contributed by atoms with van der Waals surface area (Å²) in [5.41, 5.74) is 0.655. The molecule has 2 aromatic heterocycles. The van der Waals surface area contributed by atoms with Crippen LogP contribution in [0.2, 0.25) is 0 Å². The summed E-state index contributed by atoms with van der Waals surface area (Å²) in [4.78, 5) is 11.1. The molecule has 2 unspecified atom stereocenters. The van der Waals surface area contributed by atoms with Crippen molar-refractivity contribution in [3.63, 3.8) is 0 Å². The van der Waals surface area contributed by atoms with Crippen molar-refractivity contribution in [3.05, 3.63) is 42.7 Å². The number of rotatable bonds is 5. The summed E-state index contributed by atoms with van der Waals surface area (Å²) in [7, 11) is 0. The lowest BCUT2D eigenvalue weighted by Gasteiger charge is -2.41. The molecule has 1 saturated carbocycles. The smallest absolute Gasteiger partial charge is 0.149 e. The van der Waals surface area contributed by atoms with Gasteiger partial charge in [0.1, 0.15) is 29.2 Å². The van der Waals surface area contributed by atoms with Crippen LogP contribution in [0, 0.1) is 5.82 Å². The Morgan fingerprint density at radius 3 is 2.72 bits per heavy atom. The largest absolute Gasteiger partial charge is 0.507 e. The highest BCUT2D eigenvalue weighted by Crippen LogP contribution is 2.40. The zero-order chi connectivity index (χ0) is 21.8. The van der Waals surface area contributed by atoms with Crippen LogP contribution in [-0.2, 0) is 0 Å². The predicted molar refractivity (Wildman–Crippen MR) is 113 cm³/mol. The number of aromatic nitrogens is 5. The van der Waals surface area contributed by atoms with E-state index >= 15 is 4.39 Å². The molecule has 32 heavy (non-hydrogen) atoms. The van der Waals surface area contributed by atoms with Crippen molar-refractivity contribution in [1.82, 2.24) is 30.3 Å². The molecule has 2 aliphatic heterocycles. The molecule has 4 atom stereocenters. The highest BCUT2D eigenvalue weighted by Gasteiger charge is 2.48. The summed E-state index contributed by atoms with van der Waals surface area (Å²) in [6, 6.07) is 2.82. The van der Waals surface area contributed by atoms with Gasteiger partial charge in [0.2, 0.25) is 0 Å². The fourth-order valence-electron chi connectivity index (χ4n) is 5.09. The van der Waals surface area contributed by atoms with Crippen molar-refractivity contribution < 1.29 is 13.9 Å². The first kappa shape index (κ1) is 19.5. The number of piperidine rings is 1. The van der Waals surface area contributed by atoms with Gasteiger partial charge in [0.25, 0.3) is 0 Å². The van der Waals surface area contributed by atoms with Gasteiger partial charge in [0.05, 0.1) is 36.5 Å². The number of alkyl halides is 1. The first-order valence-electron chi connectivity index (χ1n) is 11.0. The second-order valence-electron chi connectivity index (χ2n) is 8.86. The van der Waals surface area contributed by atoms with Crippen molar-refractivity contribution in [2.75, 3.05) is 4.90 Å². The molecule has 3 aromatic rings. The highest BCUT2D eigenvalue weighted by atomic mass is 19.1. The van der Waals surface area contributed by atoms with E-state index in [1.54, 1.807) is 6.20 Å². The van der Waals surface area contributed by atoms with Gasteiger partial charge in [-0.25, -0.2) is 18.4 Å².